The van der Waals surface area contributed by atoms with E-state index in [0.717, 1.165) is 0 Å². The van der Waals surface area contributed by atoms with Crippen LogP contribution in [0.5, 0.6) is 11.5 Å². The minimum Gasteiger partial charge on any atom is -0.496 e. The number of para-hydroxylation sites is 2. The second-order valence-corrected chi connectivity index (χ2v) is 5.22. The fraction of sp³-hybridized carbons (Fsp3) is 0.211. The Morgan fingerprint density at radius 2 is 1.81 bits per heavy atom. The van der Waals surface area contributed by atoms with Gasteiger partial charge in [-0.15, -0.1) is 0 Å². The highest BCUT2D eigenvalue weighted by Gasteiger charge is 2.17. The molecule has 0 radical (unpaired) electrons. The lowest BCUT2D eigenvalue weighted by Gasteiger charge is -2.07. The van der Waals surface area contributed by atoms with E-state index in [0.29, 0.717) is 35.1 Å². The summed E-state index contributed by atoms with van der Waals surface area (Å²) in [6.45, 7) is 2.29. The van der Waals surface area contributed by atoms with E-state index in [-0.39, 0.29) is 12.5 Å². The topological polar surface area (TPSA) is 83.7 Å². The number of aromatic nitrogens is 2. The first kappa shape index (κ1) is 17.5. The monoisotopic (exact) mass is 354 g/mol. The lowest BCUT2D eigenvalue weighted by Crippen LogP contribution is -2.07. The van der Waals surface area contributed by atoms with Gasteiger partial charge in [0.1, 0.15) is 17.1 Å². The highest BCUT2D eigenvalue weighted by atomic mass is 16.6. The summed E-state index contributed by atoms with van der Waals surface area (Å²) in [7, 11) is 1.49. The summed E-state index contributed by atoms with van der Waals surface area (Å²) < 4.78 is 21.1. The molecule has 2 aromatic carbocycles. The van der Waals surface area contributed by atoms with Crippen LogP contribution in [0, 0.1) is 0 Å². The number of benzene rings is 2. The highest BCUT2D eigenvalue weighted by Crippen LogP contribution is 2.27. The van der Waals surface area contributed by atoms with E-state index in [1.165, 1.54) is 7.11 Å². The van der Waals surface area contributed by atoms with Crippen LogP contribution in [0.25, 0.3) is 11.4 Å². The summed E-state index contributed by atoms with van der Waals surface area (Å²) in [4.78, 5) is 16.5. The number of nitrogens with zero attached hydrogens (tertiary/aromatic N) is 2. The van der Waals surface area contributed by atoms with Crippen molar-refractivity contribution in [2.45, 2.75) is 13.5 Å². The van der Waals surface area contributed by atoms with Crippen molar-refractivity contribution in [1.29, 1.82) is 0 Å². The summed E-state index contributed by atoms with van der Waals surface area (Å²) in [5.74, 6) is 1.13. The van der Waals surface area contributed by atoms with Crippen LogP contribution in [0.4, 0.5) is 0 Å². The summed E-state index contributed by atoms with van der Waals surface area (Å²) in [6, 6.07) is 14.2. The van der Waals surface area contributed by atoms with Crippen molar-refractivity contribution in [2.75, 3.05) is 13.7 Å². The molecule has 0 fully saturated rings. The molecule has 0 atom stereocenters. The number of methoxy groups -OCH3 is 1. The number of carbonyl (C=O) groups is 1. The SMILES string of the molecule is CCOc1ccccc1-c1noc(COC(=O)c2ccccc2OC)n1. The Labute approximate surface area is 150 Å². The molecule has 0 aliphatic carbocycles. The van der Waals surface area contributed by atoms with E-state index in [2.05, 4.69) is 10.1 Å². The predicted molar refractivity (Wildman–Crippen MR) is 93.0 cm³/mol. The number of hydrogen-bond acceptors (Lipinski definition) is 7. The fourth-order valence-corrected chi connectivity index (χ4v) is 2.37. The third-order valence-corrected chi connectivity index (χ3v) is 3.55. The molecule has 0 aliphatic heterocycles. The Balaban J connectivity index is 1.70. The van der Waals surface area contributed by atoms with Crippen molar-refractivity contribution in [2.24, 2.45) is 0 Å². The van der Waals surface area contributed by atoms with E-state index < -0.39 is 5.97 Å². The Morgan fingerprint density at radius 1 is 1.08 bits per heavy atom. The minimum absolute atomic E-state index is 0.138. The smallest absolute Gasteiger partial charge is 0.342 e. The van der Waals surface area contributed by atoms with Crippen molar-refractivity contribution in [3.63, 3.8) is 0 Å². The predicted octanol–water partition coefficient (Wildman–Crippen LogP) is 3.50. The number of hydrogen-bond donors (Lipinski definition) is 0. The molecular formula is C19H18N2O5. The van der Waals surface area contributed by atoms with Gasteiger partial charge in [-0.05, 0) is 31.2 Å². The molecule has 0 spiro atoms. The molecule has 7 heteroatoms. The van der Waals surface area contributed by atoms with Gasteiger partial charge in [0.15, 0.2) is 6.61 Å². The van der Waals surface area contributed by atoms with Crippen LogP contribution < -0.4 is 9.47 Å². The van der Waals surface area contributed by atoms with Gasteiger partial charge in [0.05, 0.1) is 19.3 Å². The van der Waals surface area contributed by atoms with Gasteiger partial charge < -0.3 is 18.7 Å². The van der Waals surface area contributed by atoms with Crippen molar-refractivity contribution in [1.82, 2.24) is 10.1 Å². The summed E-state index contributed by atoms with van der Waals surface area (Å²) in [5, 5.41) is 3.93. The van der Waals surface area contributed by atoms with Gasteiger partial charge in [0, 0.05) is 0 Å². The molecular weight excluding hydrogens is 336 g/mol. The maximum Gasteiger partial charge on any atom is 0.342 e. The van der Waals surface area contributed by atoms with Crippen molar-refractivity contribution in [3.8, 4) is 22.9 Å². The maximum absolute atomic E-state index is 12.2. The van der Waals surface area contributed by atoms with Crippen LogP contribution in [0.3, 0.4) is 0 Å². The molecule has 1 aromatic heterocycles. The van der Waals surface area contributed by atoms with Gasteiger partial charge in [0.25, 0.3) is 5.89 Å². The highest BCUT2D eigenvalue weighted by molar-refractivity contribution is 5.92. The quantitative estimate of drug-likeness (QED) is 0.600. The Hall–Kier alpha value is -3.35. The molecule has 0 saturated carbocycles. The van der Waals surface area contributed by atoms with Crippen molar-refractivity contribution >= 4 is 5.97 Å². The van der Waals surface area contributed by atoms with E-state index in [9.17, 15) is 4.79 Å². The number of esters is 1. The molecule has 0 aliphatic rings. The zero-order valence-corrected chi connectivity index (χ0v) is 14.5. The van der Waals surface area contributed by atoms with Gasteiger partial charge >= 0.3 is 5.97 Å². The van der Waals surface area contributed by atoms with Crippen LogP contribution >= 0.6 is 0 Å². The van der Waals surface area contributed by atoms with Crippen LogP contribution in [-0.4, -0.2) is 29.8 Å². The number of carbonyl (C=O) groups excluding carboxylic acids is 1. The van der Waals surface area contributed by atoms with Crippen LogP contribution in [-0.2, 0) is 11.3 Å². The van der Waals surface area contributed by atoms with Gasteiger partial charge in [0.2, 0.25) is 5.82 Å². The molecule has 3 rings (SSSR count). The maximum atomic E-state index is 12.2. The summed E-state index contributed by atoms with van der Waals surface area (Å²) >= 11 is 0. The van der Waals surface area contributed by atoms with E-state index in [4.69, 9.17) is 18.7 Å². The van der Waals surface area contributed by atoms with Crippen LogP contribution in [0.1, 0.15) is 23.2 Å². The van der Waals surface area contributed by atoms with Crippen molar-refractivity contribution < 1.29 is 23.5 Å². The van der Waals surface area contributed by atoms with Crippen LogP contribution in [0.15, 0.2) is 53.1 Å². The third kappa shape index (κ3) is 3.83. The van der Waals surface area contributed by atoms with Gasteiger partial charge in [-0.3, -0.25) is 0 Å². The largest absolute Gasteiger partial charge is 0.496 e. The molecule has 1 heterocycles. The first-order valence-electron chi connectivity index (χ1n) is 8.07. The summed E-state index contributed by atoms with van der Waals surface area (Å²) in [6.07, 6.45) is 0. The first-order valence-corrected chi connectivity index (χ1v) is 8.07. The Kier molecular flexibility index (Phi) is 5.48. The number of rotatable bonds is 7. The lowest BCUT2D eigenvalue weighted by molar-refractivity contribution is 0.0426. The minimum atomic E-state index is -0.531. The molecule has 3 aromatic rings. The van der Waals surface area contributed by atoms with E-state index in [1.54, 1.807) is 24.3 Å². The van der Waals surface area contributed by atoms with E-state index in [1.807, 2.05) is 31.2 Å². The van der Waals surface area contributed by atoms with Gasteiger partial charge in [-0.1, -0.05) is 29.4 Å². The average Bonchev–Trinajstić information content (AvgIpc) is 3.15. The molecule has 7 nitrogen and oxygen atoms in total. The third-order valence-electron chi connectivity index (χ3n) is 3.55. The molecule has 0 unspecified atom stereocenters. The molecule has 0 bridgehead atoms. The van der Waals surface area contributed by atoms with Crippen molar-refractivity contribution in [3.05, 3.63) is 60.0 Å². The summed E-state index contributed by atoms with van der Waals surface area (Å²) in [5.41, 5.74) is 1.04. The molecule has 0 N–H and O–H groups in total. The molecule has 134 valence electrons. The van der Waals surface area contributed by atoms with E-state index >= 15 is 0 Å². The lowest BCUT2D eigenvalue weighted by atomic mass is 10.2. The van der Waals surface area contributed by atoms with Crippen LogP contribution in [0.2, 0.25) is 0 Å². The standard InChI is InChI=1S/C19H18N2O5/c1-3-24-16-11-7-4-8-13(16)18-20-17(26-21-18)12-25-19(22)14-9-5-6-10-15(14)23-2/h4-11H,3,12H2,1-2H3. The van der Waals surface area contributed by atoms with Gasteiger partial charge in [-0.25, -0.2) is 4.79 Å². The fourth-order valence-electron chi connectivity index (χ4n) is 2.37. The number of ether oxygens (including phenoxy) is 3. The zero-order valence-electron chi connectivity index (χ0n) is 14.5. The second kappa shape index (κ2) is 8.15. The molecule has 0 amide bonds. The first-order chi connectivity index (χ1) is 12.7. The van der Waals surface area contributed by atoms with Gasteiger partial charge in [-0.2, -0.15) is 4.98 Å². The Morgan fingerprint density at radius 3 is 2.58 bits per heavy atom. The second-order valence-electron chi connectivity index (χ2n) is 5.22. The average molecular weight is 354 g/mol. The molecule has 26 heavy (non-hydrogen) atoms. The zero-order chi connectivity index (χ0) is 18.4. The normalized spacial score (nSPS) is 10.4. The molecule has 0 saturated heterocycles. The Bertz CT molecular complexity index is 891.